The molecule has 0 spiro atoms. The number of hydrogen-bond donors (Lipinski definition) is 7. The predicted octanol–water partition coefficient (Wildman–Crippen LogP) is 4.20. The van der Waals surface area contributed by atoms with Crippen molar-refractivity contribution in [3.05, 3.63) is 0 Å². The van der Waals surface area contributed by atoms with Crippen LogP contribution in [0, 0.1) is 11.8 Å². The van der Waals surface area contributed by atoms with Crippen molar-refractivity contribution in [1.29, 1.82) is 0 Å². The maximum absolute atomic E-state index is 13.2. The number of amides is 6. The Kier molecular flexibility index (Phi) is 27.5. The Balaban J connectivity index is 0.00000438. The van der Waals surface area contributed by atoms with Crippen molar-refractivity contribution in [3.63, 3.8) is 0 Å². The van der Waals surface area contributed by atoms with Crippen LogP contribution in [0.25, 0.3) is 0 Å². The average molecular weight is 851 g/mol. The van der Waals surface area contributed by atoms with Gasteiger partial charge in [-0.2, -0.15) is 13.2 Å². The van der Waals surface area contributed by atoms with Gasteiger partial charge < -0.3 is 41.7 Å². The first kappa shape index (κ1) is 54.6. The SMILES string of the molecule is CCCCCCCCCCCCCCCC(=O)N[C@H](C(=O)NCC(=O)N[C@H](C(=O)N[C@@H](C)C(=O)N1CCC[C@H]1C(=O)NCC(=O)O)C(C)C)C(C)C.O=C(O)C(F)(F)F. The molecule has 6 amide bonds. The Hall–Kier alpha value is -4.45. The van der Waals surface area contributed by atoms with Gasteiger partial charge in [0.2, 0.25) is 35.4 Å². The number of carboxylic acid groups (broad SMARTS) is 2. The molecule has 1 heterocycles. The maximum Gasteiger partial charge on any atom is 0.490 e. The van der Waals surface area contributed by atoms with Crippen LogP contribution in [-0.4, -0.2) is 112 Å². The summed E-state index contributed by atoms with van der Waals surface area (Å²) in [6.07, 6.45) is 11.9. The fourth-order valence-corrected chi connectivity index (χ4v) is 6.32. The van der Waals surface area contributed by atoms with Crippen LogP contribution < -0.4 is 26.6 Å². The molecular formula is C40H69F3N6O10. The number of carbonyl (C=O) groups is 8. The lowest BCUT2D eigenvalue weighted by Gasteiger charge is -2.29. The Labute approximate surface area is 346 Å². The fraction of sp³-hybridized carbons (Fsp3) is 0.800. The molecule has 0 unspecified atom stereocenters. The molecule has 0 aliphatic carbocycles. The van der Waals surface area contributed by atoms with Crippen LogP contribution in [0.4, 0.5) is 13.2 Å². The van der Waals surface area contributed by atoms with E-state index in [1.807, 2.05) is 13.8 Å². The summed E-state index contributed by atoms with van der Waals surface area (Å²) in [5.74, 6) is -7.54. The lowest BCUT2D eigenvalue weighted by Crippen LogP contribution is -2.58. The second kappa shape index (κ2) is 29.7. The minimum Gasteiger partial charge on any atom is -0.480 e. The summed E-state index contributed by atoms with van der Waals surface area (Å²) in [6.45, 7) is 10.1. The molecule has 1 fully saturated rings. The summed E-state index contributed by atoms with van der Waals surface area (Å²) >= 11 is 0. The second-order valence-electron chi connectivity index (χ2n) is 15.6. The van der Waals surface area contributed by atoms with Crippen LogP contribution in [0.2, 0.25) is 0 Å². The molecule has 1 saturated heterocycles. The minimum absolute atomic E-state index is 0.206. The van der Waals surface area contributed by atoms with Crippen molar-refractivity contribution in [2.75, 3.05) is 19.6 Å². The lowest BCUT2D eigenvalue weighted by atomic mass is 10.0. The van der Waals surface area contributed by atoms with Crippen LogP contribution >= 0.6 is 0 Å². The van der Waals surface area contributed by atoms with Crippen molar-refractivity contribution in [1.82, 2.24) is 31.5 Å². The largest absolute Gasteiger partial charge is 0.490 e. The van der Waals surface area contributed by atoms with Gasteiger partial charge in [0.25, 0.3) is 0 Å². The molecule has 0 saturated carbocycles. The highest BCUT2D eigenvalue weighted by atomic mass is 19.4. The van der Waals surface area contributed by atoms with Crippen molar-refractivity contribution in [2.24, 2.45) is 11.8 Å². The number of hydrogen-bond acceptors (Lipinski definition) is 8. The van der Waals surface area contributed by atoms with Crippen LogP contribution in [0.3, 0.4) is 0 Å². The molecule has 59 heavy (non-hydrogen) atoms. The molecule has 7 N–H and O–H groups in total. The maximum atomic E-state index is 13.2. The Morgan fingerprint density at radius 1 is 0.644 bits per heavy atom. The Bertz CT molecular complexity index is 1350. The number of nitrogens with one attached hydrogen (secondary N) is 5. The van der Waals surface area contributed by atoms with E-state index >= 15 is 0 Å². The van der Waals surface area contributed by atoms with E-state index < -0.39 is 84.9 Å². The molecule has 340 valence electrons. The Morgan fingerprint density at radius 3 is 1.56 bits per heavy atom. The molecule has 1 rings (SSSR count). The Morgan fingerprint density at radius 2 is 1.10 bits per heavy atom. The van der Waals surface area contributed by atoms with E-state index in [1.165, 1.54) is 76.0 Å². The zero-order valence-electron chi connectivity index (χ0n) is 35.6. The summed E-state index contributed by atoms with van der Waals surface area (Å²) in [6, 6.07) is -3.70. The van der Waals surface area contributed by atoms with Gasteiger partial charge in [0.05, 0.1) is 6.54 Å². The first-order chi connectivity index (χ1) is 27.6. The van der Waals surface area contributed by atoms with E-state index in [4.69, 9.17) is 15.0 Å². The van der Waals surface area contributed by atoms with Gasteiger partial charge in [0, 0.05) is 13.0 Å². The monoisotopic (exact) mass is 851 g/mol. The third kappa shape index (κ3) is 24.3. The van der Waals surface area contributed by atoms with Gasteiger partial charge in [-0.3, -0.25) is 33.6 Å². The zero-order valence-corrected chi connectivity index (χ0v) is 35.6. The van der Waals surface area contributed by atoms with Gasteiger partial charge in [-0.25, -0.2) is 4.79 Å². The van der Waals surface area contributed by atoms with Gasteiger partial charge in [0.1, 0.15) is 30.7 Å². The highest BCUT2D eigenvalue weighted by Gasteiger charge is 2.39. The second-order valence-corrected chi connectivity index (χ2v) is 15.6. The summed E-state index contributed by atoms with van der Waals surface area (Å²) in [7, 11) is 0. The summed E-state index contributed by atoms with van der Waals surface area (Å²) < 4.78 is 31.7. The van der Waals surface area contributed by atoms with E-state index in [-0.39, 0.29) is 24.3 Å². The summed E-state index contributed by atoms with van der Waals surface area (Å²) in [5.41, 5.74) is 0. The van der Waals surface area contributed by atoms with Crippen LogP contribution in [0.1, 0.15) is 144 Å². The topological polar surface area (TPSA) is 240 Å². The number of nitrogens with zero attached hydrogens (tertiary/aromatic N) is 1. The highest BCUT2D eigenvalue weighted by molar-refractivity contribution is 5.96. The molecule has 0 aromatic heterocycles. The number of halogens is 3. The summed E-state index contributed by atoms with van der Waals surface area (Å²) in [4.78, 5) is 98.2. The molecule has 0 bridgehead atoms. The van der Waals surface area contributed by atoms with Crippen LogP contribution in [0.5, 0.6) is 0 Å². The van der Waals surface area contributed by atoms with Crippen molar-refractivity contribution in [2.45, 2.75) is 175 Å². The van der Waals surface area contributed by atoms with E-state index in [0.717, 1.165) is 19.3 Å². The molecule has 0 radical (unpaired) electrons. The summed E-state index contributed by atoms with van der Waals surface area (Å²) in [5, 5.41) is 28.9. The minimum atomic E-state index is -5.08. The normalized spacial score (nSPS) is 15.3. The van der Waals surface area contributed by atoms with Gasteiger partial charge in [0.15, 0.2) is 0 Å². The van der Waals surface area contributed by atoms with Crippen LogP contribution in [-0.2, 0) is 38.4 Å². The molecule has 0 aromatic carbocycles. The predicted molar refractivity (Wildman–Crippen MR) is 214 cm³/mol. The van der Waals surface area contributed by atoms with Crippen LogP contribution in [0.15, 0.2) is 0 Å². The number of unbranched alkanes of at least 4 members (excludes halogenated alkanes) is 12. The third-order valence-corrected chi connectivity index (χ3v) is 9.69. The quantitative estimate of drug-likeness (QED) is 0.0582. The van der Waals surface area contributed by atoms with Gasteiger partial charge in [-0.15, -0.1) is 0 Å². The first-order valence-corrected chi connectivity index (χ1v) is 20.9. The smallest absolute Gasteiger partial charge is 0.480 e. The molecule has 0 aromatic rings. The van der Waals surface area contributed by atoms with E-state index in [1.54, 1.807) is 13.8 Å². The molecular weight excluding hydrogens is 781 g/mol. The van der Waals surface area contributed by atoms with Gasteiger partial charge in [-0.05, 0) is 38.0 Å². The van der Waals surface area contributed by atoms with E-state index in [0.29, 0.717) is 19.3 Å². The molecule has 1 aliphatic rings. The zero-order chi connectivity index (χ0) is 45.1. The third-order valence-electron chi connectivity index (χ3n) is 9.69. The van der Waals surface area contributed by atoms with Crippen molar-refractivity contribution >= 4 is 47.4 Å². The fourth-order valence-electron chi connectivity index (χ4n) is 6.32. The average Bonchev–Trinajstić information content (AvgIpc) is 3.65. The van der Waals surface area contributed by atoms with Gasteiger partial charge >= 0.3 is 18.1 Å². The lowest BCUT2D eigenvalue weighted by molar-refractivity contribution is -0.192. The molecule has 19 heteroatoms. The van der Waals surface area contributed by atoms with Gasteiger partial charge in [-0.1, -0.05) is 112 Å². The number of carbonyl (C=O) groups excluding carboxylic acids is 6. The standard InChI is InChI=1S/C38H68N6O8.C2HF3O2/c1-7-8-9-10-11-12-13-14-15-16-17-18-19-22-30(45)42-33(26(2)3)36(50)39-24-31(46)43-34(27(4)5)37(51)41-28(6)38(52)44-23-20-21-29(44)35(49)40-25-32(47)48;3-2(4,5)1(6)7/h26-29,33-34H,7-25H2,1-6H3,(H,39,50)(H,40,49)(H,41,51)(H,42,45)(H,43,46)(H,47,48);(H,6,7)/t28-,29-,33-,34-;/m0./s1. The van der Waals surface area contributed by atoms with E-state index in [2.05, 4.69) is 33.5 Å². The first-order valence-electron chi connectivity index (χ1n) is 20.9. The molecule has 16 nitrogen and oxygen atoms in total. The highest BCUT2D eigenvalue weighted by Crippen LogP contribution is 2.19. The number of aliphatic carboxylic acids is 2. The van der Waals surface area contributed by atoms with Crippen molar-refractivity contribution < 1.29 is 61.7 Å². The molecule has 4 atom stereocenters. The number of alkyl halides is 3. The number of rotatable bonds is 27. The molecule has 1 aliphatic heterocycles. The van der Waals surface area contributed by atoms with E-state index in [9.17, 15) is 46.7 Å². The number of likely N-dealkylation sites (tertiary alicyclic amines) is 1. The number of carboxylic acids is 2. The van der Waals surface area contributed by atoms with Crippen molar-refractivity contribution in [3.8, 4) is 0 Å².